The molecule has 0 fully saturated rings. The summed E-state index contributed by atoms with van der Waals surface area (Å²) in [6.07, 6.45) is 5.18. The second-order valence-corrected chi connectivity index (χ2v) is 7.84. The smallest absolute Gasteiger partial charge is 0.255 e. The zero-order chi connectivity index (χ0) is 23.2. The van der Waals surface area contributed by atoms with E-state index in [0.717, 1.165) is 22.6 Å². The zero-order valence-electron chi connectivity index (χ0n) is 19.0. The number of methoxy groups -OCH3 is 1. The number of nitrogens with zero attached hydrogens (tertiary/aromatic N) is 4. The predicted molar refractivity (Wildman–Crippen MR) is 129 cm³/mol. The third-order valence-electron chi connectivity index (χ3n) is 5.49. The summed E-state index contributed by atoms with van der Waals surface area (Å²) in [5.74, 6) is 0.594. The van der Waals surface area contributed by atoms with E-state index in [1.54, 1.807) is 30.4 Å². The van der Waals surface area contributed by atoms with Crippen LogP contribution in [0, 0.1) is 0 Å². The molecule has 0 unspecified atom stereocenters. The molecule has 2 aromatic carbocycles. The fourth-order valence-corrected chi connectivity index (χ4v) is 3.77. The molecule has 0 aliphatic carbocycles. The highest BCUT2D eigenvalue weighted by Crippen LogP contribution is 2.28. The molecule has 0 saturated carbocycles. The van der Waals surface area contributed by atoms with Gasteiger partial charge in [-0.05, 0) is 44.4 Å². The number of pyridine rings is 1. The average Bonchev–Trinajstić information content (AvgIpc) is 3.31. The number of carbonyl (C=O) groups excluding carboxylic acids is 1. The van der Waals surface area contributed by atoms with Crippen LogP contribution in [0.1, 0.15) is 22.0 Å². The minimum atomic E-state index is -0.196. The minimum absolute atomic E-state index is 0.0592. The maximum Gasteiger partial charge on any atom is 0.255 e. The van der Waals surface area contributed by atoms with E-state index >= 15 is 0 Å². The number of nitrogens with one attached hydrogen (secondary N) is 1. The molecule has 0 saturated heterocycles. The van der Waals surface area contributed by atoms with Crippen LogP contribution in [0.2, 0.25) is 0 Å². The van der Waals surface area contributed by atoms with E-state index in [0.29, 0.717) is 17.8 Å². The number of hydrogen-bond donors (Lipinski definition) is 1. The maximum absolute atomic E-state index is 13.4. The topological polar surface area (TPSA) is 72.3 Å². The first-order chi connectivity index (χ1) is 16.1. The standard InChI is InChI=1S/C26H27N5O2/c1-30(2)23(21-13-7-8-14-24(21)33-3)17-28-26(32)22-18-31(20-11-5-4-6-12-20)29-25(22)19-10-9-15-27-16-19/h4-16,18,23H,17H2,1-3H3,(H,28,32)/t23-/m0/s1. The fourth-order valence-electron chi connectivity index (χ4n) is 3.77. The number of likely N-dealkylation sites (N-methyl/N-ethyl adjacent to an activating group) is 1. The van der Waals surface area contributed by atoms with Crippen LogP contribution in [-0.4, -0.2) is 53.3 Å². The number of aromatic nitrogens is 3. The SMILES string of the molecule is COc1ccccc1[C@H](CNC(=O)c1cn(-c2ccccc2)nc1-c1cccnc1)N(C)C. The Hall–Kier alpha value is -3.97. The summed E-state index contributed by atoms with van der Waals surface area (Å²) >= 11 is 0. The van der Waals surface area contributed by atoms with Gasteiger partial charge in [0.25, 0.3) is 5.91 Å². The van der Waals surface area contributed by atoms with E-state index in [1.165, 1.54) is 0 Å². The Labute approximate surface area is 193 Å². The van der Waals surface area contributed by atoms with E-state index in [1.807, 2.05) is 80.8 Å². The van der Waals surface area contributed by atoms with Crippen molar-refractivity contribution >= 4 is 5.91 Å². The van der Waals surface area contributed by atoms with Crippen LogP contribution < -0.4 is 10.1 Å². The maximum atomic E-state index is 13.4. The molecule has 0 spiro atoms. The Balaban J connectivity index is 1.64. The van der Waals surface area contributed by atoms with Crippen LogP contribution in [-0.2, 0) is 0 Å². The van der Waals surface area contributed by atoms with Crippen LogP contribution in [0.15, 0.2) is 85.3 Å². The Kier molecular flexibility index (Phi) is 6.80. The second kappa shape index (κ2) is 10.1. The largest absolute Gasteiger partial charge is 0.496 e. The molecule has 0 bridgehead atoms. The highest BCUT2D eigenvalue weighted by molar-refractivity contribution is 5.99. The highest BCUT2D eigenvalue weighted by Gasteiger charge is 2.22. The van der Waals surface area contributed by atoms with E-state index in [9.17, 15) is 4.79 Å². The molecule has 2 aromatic heterocycles. The van der Waals surface area contributed by atoms with Crippen molar-refractivity contribution in [3.05, 3.63) is 96.4 Å². The number of para-hydroxylation sites is 2. The molecule has 1 amide bonds. The van der Waals surface area contributed by atoms with Gasteiger partial charge in [0, 0.05) is 36.3 Å². The van der Waals surface area contributed by atoms with Gasteiger partial charge < -0.3 is 15.0 Å². The predicted octanol–water partition coefficient (Wildman–Crippen LogP) is 3.98. The van der Waals surface area contributed by atoms with Crippen molar-refractivity contribution in [2.45, 2.75) is 6.04 Å². The lowest BCUT2D eigenvalue weighted by Gasteiger charge is -2.26. The molecular formula is C26H27N5O2. The van der Waals surface area contributed by atoms with Crippen molar-refractivity contribution in [1.82, 2.24) is 25.0 Å². The molecular weight excluding hydrogens is 414 g/mol. The summed E-state index contributed by atoms with van der Waals surface area (Å²) in [5.41, 5.74) is 3.75. The van der Waals surface area contributed by atoms with E-state index < -0.39 is 0 Å². The van der Waals surface area contributed by atoms with Crippen molar-refractivity contribution in [3.63, 3.8) is 0 Å². The van der Waals surface area contributed by atoms with Gasteiger partial charge >= 0.3 is 0 Å². The molecule has 0 radical (unpaired) electrons. The number of benzene rings is 2. The molecule has 4 aromatic rings. The first-order valence-corrected chi connectivity index (χ1v) is 10.7. The van der Waals surface area contributed by atoms with Crippen molar-refractivity contribution in [2.75, 3.05) is 27.7 Å². The summed E-state index contributed by atoms with van der Waals surface area (Å²) in [6, 6.07) is 21.3. The number of hydrogen-bond acceptors (Lipinski definition) is 5. The molecule has 4 rings (SSSR count). The van der Waals surface area contributed by atoms with Gasteiger partial charge in [-0.15, -0.1) is 0 Å². The third-order valence-corrected chi connectivity index (χ3v) is 5.49. The average molecular weight is 442 g/mol. The Morgan fingerprint density at radius 2 is 1.82 bits per heavy atom. The van der Waals surface area contributed by atoms with Gasteiger partial charge in [0.1, 0.15) is 11.4 Å². The number of amides is 1. The second-order valence-electron chi connectivity index (χ2n) is 7.84. The monoisotopic (exact) mass is 441 g/mol. The van der Waals surface area contributed by atoms with Gasteiger partial charge in [-0.3, -0.25) is 9.78 Å². The molecule has 1 atom stereocenters. The Morgan fingerprint density at radius 3 is 2.52 bits per heavy atom. The van der Waals surface area contributed by atoms with Crippen molar-refractivity contribution in [3.8, 4) is 22.7 Å². The van der Waals surface area contributed by atoms with Crippen LogP contribution >= 0.6 is 0 Å². The quantitative estimate of drug-likeness (QED) is 0.448. The van der Waals surface area contributed by atoms with Gasteiger partial charge in [-0.2, -0.15) is 5.10 Å². The number of ether oxygens (including phenoxy) is 1. The Morgan fingerprint density at radius 1 is 1.06 bits per heavy atom. The molecule has 33 heavy (non-hydrogen) atoms. The molecule has 0 aliphatic heterocycles. The van der Waals surface area contributed by atoms with E-state index in [2.05, 4.69) is 15.2 Å². The lowest BCUT2D eigenvalue weighted by Crippen LogP contribution is -2.34. The molecule has 7 heteroatoms. The van der Waals surface area contributed by atoms with Gasteiger partial charge in [0.15, 0.2) is 0 Å². The number of carbonyl (C=O) groups is 1. The van der Waals surface area contributed by atoms with E-state index in [-0.39, 0.29) is 11.9 Å². The zero-order valence-corrected chi connectivity index (χ0v) is 19.0. The fraction of sp³-hybridized carbons (Fsp3) is 0.192. The molecule has 0 aliphatic rings. The summed E-state index contributed by atoms with van der Waals surface area (Å²) in [5, 5.41) is 7.80. The van der Waals surface area contributed by atoms with E-state index in [4.69, 9.17) is 9.84 Å². The molecule has 7 nitrogen and oxygen atoms in total. The highest BCUT2D eigenvalue weighted by atomic mass is 16.5. The van der Waals surface area contributed by atoms with Crippen molar-refractivity contribution < 1.29 is 9.53 Å². The van der Waals surface area contributed by atoms with Crippen molar-refractivity contribution in [2.24, 2.45) is 0 Å². The summed E-state index contributed by atoms with van der Waals surface area (Å²) in [4.78, 5) is 19.6. The Bertz CT molecular complexity index is 1210. The summed E-state index contributed by atoms with van der Waals surface area (Å²) in [7, 11) is 5.62. The van der Waals surface area contributed by atoms with Gasteiger partial charge in [-0.25, -0.2) is 4.68 Å². The van der Waals surface area contributed by atoms with Crippen molar-refractivity contribution in [1.29, 1.82) is 0 Å². The van der Waals surface area contributed by atoms with Gasteiger partial charge in [-0.1, -0.05) is 36.4 Å². The van der Waals surface area contributed by atoms with Crippen LogP contribution in [0.5, 0.6) is 5.75 Å². The normalized spacial score (nSPS) is 11.9. The van der Waals surface area contributed by atoms with Crippen LogP contribution in [0.4, 0.5) is 0 Å². The lowest BCUT2D eigenvalue weighted by atomic mass is 10.0. The number of rotatable bonds is 8. The molecule has 168 valence electrons. The molecule has 1 N–H and O–H groups in total. The first-order valence-electron chi connectivity index (χ1n) is 10.7. The van der Waals surface area contributed by atoms with Crippen LogP contribution in [0.25, 0.3) is 16.9 Å². The first kappa shape index (κ1) is 22.2. The third kappa shape index (κ3) is 4.94. The van der Waals surface area contributed by atoms with Crippen LogP contribution in [0.3, 0.4) is 0 Å². The summed E-state index contributed by atoms with van der Waals surface area (Å²) in [6.45, 7) is 0.412. The summed E-state index contributed by atoms with van der Waals surface area (Å²) < 4.78 is 7.26. The lowest BCUT2D eigenvalue weighted by molar-refractivity contribution is 0.0942. The van der Waals surface area contributed by atoms with Gasteiger partial charge in [0.05, 0.1) is 24.4 Å². The van der Waals surface area contributed by atoms with Gasteiger partial charge in [0.2, 0.25) is 0 Å². The minimum Gasteiger partial charge on any atom is -0.496 e. The molecule has 2 heterocycles.